The number of aliphatic hydroxyl groups is 1. The van der Waals surface area contributed by atoms with Gasteiger partial charge in [-0.05, 0) is 50.8 Å². The van der Waals surface area contributed by atoms with E-state index in [4.69, 9.17) is 4.74 Å². The Hall–Kier alpha value is -1.30. The molecule has 0 bridgehead atoms. The molecule has 0 saturated carbocycles. The van der Waals surface area contributed by atoms with Crippen LogP contribution in [0, 0.1) is 11.8 Å². The van der Waals surface area contributed by atoms with Gasteiger partial charge in [-0.25, -0.2) is 0 Å². The molecule has 1 aliphatic heterocycles. The molecule has 2 nitrogen and oxygen atoms in total. The molecular formula is C16H20O2. The first-order valence-corrected chi connectivity index (χ1v) is 6.52. The topological polar surface area (TPSA) is 29.5 Å². The molecule has 0 aliphatic carbocycles. The molecule has 18 heavy (non-hydrogen) atoms. The van der Waals surface area contributed by atoms with Crippen LogP contribution in [0.4, 0.5) is 0 Å². The van der Waals surface area contributed by atoms with Gasteiger partial charge < -0.3 is 9.84 Å². The summed E-state index contributed by atoms with van der Waals surface area (Å²) in [4.78, 5) is 0. The second-order valence-corrected chi connectivity index (χ2v) is 5.29. The predicted molar refractivity (Wildman–Crippen MR) is 72.2 cm³/mol. The van der Waals surface area contributed by atoms with E-state index in [0.29, 0.717) is 0 Å². The molecular weight excluding hydrogens is 224 g/mol. The summed E-state index contributed by atoms with van der Waals surface area (Å²) in [6.07, 6.45) is 3.76. The monoisotopic (exact) mass is 244 g/mol. The lowest BCUT2D eigenvalue weighted by Gasteiger charge is -2.22. The van der Waals surface area contributed by atoms with E-state index < -0.39 is 5.60 Å². The predicted octanol–water partition coefficient (Wildman–Crippen LogP) is 3.05. The molecule has 1 aliphatic rings. The second kappa shape index (κ2) is 5.56. The minimum Gasteiger partial charge on any atom is -0.378 e. The van der Waals surface area contributed by atoms with Crippen molar-refractivity contribution >= 4 is 0 Å². The number of rotatable bonds is 1. The summed E-state index contributed by atoms with van der Waals surface area (Å²) < 4.78 is 5.74. The molecule has 96 valence electrons. The maximum absolute atomic E-state index is 9.54. The largest absolute Gasteiger partial charge is 0.378 e. The van der Waals surface area contributed by atoms with E-state index in [2.05, 4.69) is 24.0 Å². The molecule has 1 atom stereocenters. The molecule has 0 spiro atoms. The molecule has 0 radical (unpaired) electrons. The molecule has 1 N–H and O–H groups in total. The van der Waals surface area contributed by atoms with Crippen molar-refractivity contribution < 1.29 is 9.84 Å². The van der Waals surface area contributed by atoms with Crippen LogP contribution in [0.15, 0.2) is 24.3 Å². The summed E-state index contributed by atoms with van der Waals surface area (Å²) in [5.74, 6) is 5.79. The summed E-state index contributed by atoms with van der Waals surface area (Å²) in [7, 11) is 0. The van der Waals surface area contributed by atoms with Crippen molar-refractivity contribution in [2.24, 2.45) is 0 Å². The van der Waals surface area contributed by atoms with Crippen molar-refractivity contribution in [1.82, 2.24) is 0 Å². The van der Waals surface area contributed by atoms with E-state index in [1.54, 1.807) is 13.8 Å². The van der Waals surface area contributed by atoms with Crippen LogP contribution in [0.5, 0.6) is 0 Å². The van der Waals surface area contributed by atoms with Crippen LogP contribution >= 0.6 is 0 Å². The minimum absolute atomic E-state index is 0.245. The SMILES string of the molecule is CC(C)(O)C#Cc1ccc(C2CCCCO2)cc1. The Morgan fingerprint density at radius 2 is 1.94 bits per heavy atom. The van der Waals surface area contributed by atoms with Crippen molar-refractivity contribution in [3.63, 3.8) is 0 Å². The summed E-state index contributed by atoms with van der Waals surface area (Å²) in [5.41, 5.74) is 1.21. The molecule has 1 unspecified atom stereocenters. The number of hydrogen-bond acceptors (Lipinski definition) is 2. The number of ether oxygens (including phenoxy) is 1. The Kier molecular flexibility index (Phi) is 4.06. The zero-order valence-electron chi connectivity index (χ0n) is 11.1. The molecule has 1 aromatic carbocycles. The zero-order chi connectivity index (χ0) is 13.0. The van der Waals surface area contributed by atoms with Crippen molar-refractivity contribution in [1.29, 1.82) is 0 Å². The van der Waals surface area contributed by atoms with Gasteiger partial charge in [0.2, 0.25) is 0 Å². The van der Waals surface area contributed by atoms with Gasteiger partial charge in [0.15, 0.2) is 0 Å². The van der Waals surface area contributed by atoms with Gasteiger partial charge >= 0.3 is 0 Å². The molecule has 1 aromatic rings. The Bertz CT molecular complexity index is 437. The maximum Gasteiger partial charge on any atom is 0.120 e. The quantitative estimate of drug-likeness (QED) is 0.769. The van der Waals surface area contributed by atoms with Crippen molar-refractivity contribution in [2.45, 2.75) is 44.8 Å². The third kappa shape index (κ3) is 3.87. The van der Waals surface area contributed by atoms with Crippen molar-refractivity contribution in [3.8, 4) is 11.8 Å². The van der Waals surface area contributed by atoms with E-state index in [9.17, 15) is 5.11 Å². The first kappa shape index (κ1) is 13.1. The van der Waals surface area contributed by atoms with E-state index in [0.717, 1.165) is 18.6 Å². The van der Waals surface area contributed by atoms with Gasteiger partial charge in [-0.2, -0.15) is 0 Å². The first-order chi connectivity index (χ1) is 8.54. The fraction of sp³-hybridized carbons (Fsp3) is 0.500. The van der Waals surface area contributed by atoms with Crippen LogP contribution in [0.1, 0.15) is 50.3 Å². The summed E-state index contributed by atoms with van der Waals surface area (Å²) in [6, 6.07) is 8.13. The third-order valence-electron chi connectivity index (χ3n) is 2.97. The highest BCUT2D eigenvalue weighted by Crippen LogP contribution is 2.27. The van der Waals surface area contributed by atoms with Gasteiger partial charge in [0, 0.05) is 12.2 Å². The molecule has 2 rings (SSSR count). The average molecular weight is 244 g/mol. The fourth-order valence-corrected chi connectivity index (χ4v) is 2.01. The van der Waals surface area contributed by atoms with Crippen molar-refractivity contribution in [3.05, 3.63) is 35.4 Å². The normalized spacial score (nSPS) is 20.1. The molecule has 2 heteroatoms. The highest BCUT2D eigenvalue weighted by molar-refractivity contribution is 5.38. The second-order valence-electron chi connectivity index (χ2n) is 5.29. The molecule has 0 aromatic heterocycles. The van der Waals surface area contributed by atoms with Crippen LogP contribution in [-0.2, 0) is 4.74 Å². The molecule has 0 amide bonds. The third-order valence-corrected chi connectivity index (χ3v) is 2.97. The van der Waals surface area contributed by atoms with E-state index in [1.165, 1.54) is 18.4 Å². The van der Waals surface area contributed by atoms with E-state index >= 15 is 0 Å². The lowest BCUT2D eigenvalue weighted by Crippen LogP contribution is -2.14. The highest BCUT2D eigenvalue weighted by Gasteiger charge is 2.15. The first-order valence-electron chi connectivity index (χ1n) is 6.52. The van der Waals surface area contributed by atoms with Gasteiger partial charge in [0.25, 0.3) is 0 Å². The number of hydrogen-bond donors (Lipinski definition) is 1. The van der Waals surface area contributed by atoms with Crippen LogP contribution in [0.2, 0.25) is 0 Å². The fourth-order valence-electron chi connectivity index (χ4n) is 2.01. The van der Waals surface area contributed by atoms with Gasteiger partial charge in [-0.3, -0.25) is 0 Å². The van der Waals surface area contributed by atoms with Gasteiger partial charge in [0.05, 0.1) is 6.10 Å². The van der Waals surface area contributed by atoms with Gasteiger partial charge in [0.1, 0.15) is 5.60 Å². The molecule has 1 saturated heterocycles. The molecule has 1 heterocycles. The minimum atomic E-state index is -0.939. The Labute approximate surface area is 109 Å². The van der Waals surface area contributed by atoms with Gasteiger partial charge in [-0.1, -0.05) is 24.0 Å². The summed E-state index contributed by atoms with van der Waals surface area (Å²) in [5, 5.41) is 9.54. The lowest BCUT2D eigenvalue weighted by atomic mass is 10.00. The van der Waals surface area contributed by atoms with E-state index in [1.807, 2.05) is 12.1 Å². The van der Waals surface area contributed by atoms with Gasteiger partial charge in [-0.15, -0.1) is 0 Å². The Morgan fingerprint density at radius 1 is 1.22 bits per heavy atom. The average Bonchev–Trinajstić information content (AvgIpc) is 2.37. The lowest BCUT2D eigenvalue weighted by molar-refractivity contribution is 0.0149. The zero-order valence-corrected chi connectivity index (χ0v) is 11.1. The van der Waals surface area contributed by atoms with Crippen LogP contribution in [0.3, 0.4) is 0 Å². The smallest absolute Gasteiger partial charge is 0.120 e. The Balaban J connectivity index is 2.07. The van der Waals surface area contributed by atoms with E-state index in [-0.39, 0.29) is 6.10 Å². The summed E-state index contributed by atoms with van der Waals surface area (Å²) >= 11 is 0. The standard InChI is InChI=1S/C16H20O2/c1-16(2,17)11-10-13-6-8-14(9-7-13)15-5-3-4-12-18-15/h6-9,15,17H,3-5,12H2,1-2H3. The summed E-state index contributed by atoms with van der Waals surface area (Å²) in [6.45, 7) is 4.24. The number of benzene rings is 1. The van der Waals surface area contributed by atoms with Crippen LogP contribution < -0.4 is 0 Å². The van der Waals surface area contributed by atoms with Crippen molar-refractivity contribution in [2.75, 3.05) is 6.61 Å². The Morgan fingerprint density at radius 3 is 2.50 bits per heavy atom. The highest BCUT2D eigenvalue weighted by atomic mass is 16.5. The molecule has 1 fully saturated rings. The maximum atomic E-state index is 9.54. The van der Waals surface area contributed by atoms with Crippen LogP contribution in [-0.4, -0.2) is 17.3 Å². The van der Waals surface area contributed by atoms with Crippen LogP contribution in [0.25, 0.3) is 0 Å².